The van der Waals surface area contributed by atoms with Crippen molar-refractivity contribution < 1.29 is 13.5 Å². The maximum absolute atomic E-state index is 11.7. The quantitative estimate of drug-likeness (QED) is 0.564. The van der Waals surface area contributed by atoms with Gasteiger partial charge in [0.15, 0.2) is 0 Å². The molecule has 0 radical (unpaired) electrons. The van der Waals surface area contributed by atoms with Crippen LogP contribution >= 0.6 is 0 Å². The molecule has 0 aliphatic rings. The van der Waals surface area contributed by atoms with Crippen LogP contribution in [0.25, 0.3) is 0 Å². The standard InChI is InChI=1S/C10H22F2N2O/c1-3-13-5-7-14(2)6-4-8-15-9-10(11)12/h10,13H,3-9H2,1-2H3. The SMILES string of the molecule is CCNCCN(C)CCCOCC(F)F. The third-order valence-electron chi connectivity index (χ3n) is 1.99. The fourth-order valence-electron chi connectivity index (χ4n) is 1.17. The van der Waals surface area contributed by atoms with Crippen LogP contribution in [0.15, 0.2) is 0 Å². The highest BCUT2D eigenvalue weighted by Crippen LogP contribution is 1.94. The molecule has 15 heavy (non-hydrogen) atoms. The van der Waals surface area contributed by atoms with E-state index in [0.29, 0.717) is 6.61 Å². The van der Waals surface area contributed by atoms with Gasteiger partial charge < -0.3 is 15.0 Å². The summed E-state index contributed by atoms with van der Waals surface area (Å²) in [5, 5.41) is 3.22. The topological polar surface area (TPSA) is 24.5 Å². The minimum Gasteiger partial charge on any atom is -0.375 e. The average molecular weight is 224 g/mol. The summed E-state index contributed by atoms with van der Waals surface area (Å²) < 4.78 is 28.1. The van der Waals surface area contributed by atoms with E-state index >= 15 is 0 Å². The number of hydrogen-bond donors (Lipinski definition) is 1. The van der Waals surface area contributed by atoms with Gasteiger partial charge in [-0.3, -0.25) is 0 Å². The molecule has 0 bridgehead atoms. The van der Waals surface area contributed by atoms with Gasteiger partial charge in [-0.05, 0) is 20.0 Å². The maximum Gasteiger partial charge on any atom is 0.261 e. The maximum atomic E-state index is 11.7. The van der Waals surface area contributed by atoms with Crippen LogP contribution in [-0.2, 0) is 4.74 Å². The van der Waals surface area contributed by atoms with E-state index in [1.165, 1.54) is 0 Å². The van der Waals surface area contributed by atoms with Gasteiger partial charge in [0.1, 0.15) is 6.61 Å². The van der Waals surface area contributed by atoms with Crippen molar-refractivity contribution in [1.29, 1.82) is 0 Å². The summed E-state index contributed by atoms with van der Waals surface area (Å²) in [5.74, 6) is 0. The predicted octanol–water partition coefficient (Wildman–Crippen LogP) is 1.20. The Hall–Kier alpha value is -0.260. The molecule has 0 fully saturated rings. The van der Waals surface area contributed by atoms with Gasteiger partial charge in [-0.2, -0.15) is 0 Å². The lowest BCUT2D eigenvalue weighted by atomic mass is 10.4. The Morgan fingerprint density at radius 3 is 2.67 bits per heavy atom. The van der Waals surface area contributed by atoms with Crippen molar-refractivity contribution in [3.63, 3.8) is 0 Å². The van der Waals surface area contributed by atoms with Gasteiger partial charge in [0.25, 0.3) is 6.43 Å². The molecule has 0 amide bonds. The van der Waals surface area contributed by atoms with Crippen LogP contribution in [0, 0.1) is 0 Å². The number of hydrogen-bond acceptors (Lipinski definition) is 3. The lowest BCUT2D eigenvalue weighted by Gasteiger charge is -2.16. The van der Waals surface area contributed by atoms with Crippen molar-refractivity contribution in [2.75, 3.05) is 46.4 Å². The lowest BCUT2D eigenvalue weighted by molar-refractivity contribution is 0.0150. The molecule has 5 heteroatoms. The molecule has 0 aromatic rings. The number of nitrogens with zero attached hydrogens (tertiary/aromatic N) is 1. The third kappa shape index (κ3) is 11.7. The van der Waals surface area contributed by atoms with Crippen molar-refractivity contribution in [3.05, 3.63) is 0 Å². The first-order chi connectivity index (χ1) is 7.16. The van der Waals surface area contributed by atoms with Crippen LogP contribution < -0.4 is 5.32 Å². The molecule has 0 saturated carbocycles. The number of rotatable bonds is 10. The molecule has 3 nitrogen and oxygen atoms in total. The van der Waals surface area contributed by atoms with Crippen LogP contribution in [0.4, 0.5) is 8.78 Å². The van der Waals surface area contributed by atoms with E-state index in [9.17, 15) is 8.78 Å². The second kappa shape index (κ2) is 10.3. The van der Waals surface area contributed by atoms with Gasteiger partial charge in [0.05, 0.1) is 0 Å². The van der Waals surface area contributed by atoms with Crippen LogP contribution in [-0.4, -0.2) is 57.8 Å². The molecule has 1 N–H and O–H groups in total. The summed E-state index contributed by atoms with van der Waals surface area (Å²) in [7, 11) is 2.02. The van der Waals surface area contributed by atoms with Crippen molar-refractivity contribution in [2.45, 2.75) is 19.8 Å². The zero-order chi connectivity index (χ0) is 11.5. The van der Waals surface area contributed by atoms with Crippen LogP contribution in [0.3, 0.4) is 0 Å². The van der Waals surface area contributed by atoms with Crippen molar-refractivity contribution in [1.82, 2.24) is 10.2 Å². The molecule has 0 aromatic carbocycles. The smallest absolute Gasteiger partial charge is 0.261 e. The summed E-state index contributed by atoms with van der Waals surface area (Å²) in [6.45, 7) is 5.84. The van der Waals surface area contributed by atoms with E-state index in [0.717, 1.165) is 32.6 Å². The fourth-order valence-corrected chi connectivity index (χ4v) is 1.17. The lowest BCUT2D eigenvalue weighted by Crippen LogP contribution is -2.30. The number of halogens is 2. The first-order valence-corrected chi connectivity index (χ1v) is 5.42. The first kappa shape index (κ1) is 14.7. The summed E-state index contributed by atoms with van der Waals surface area (Å²) >= 11 is 0. The minimum absolute atomic E-state index is 0.413. The van der Waals surface area contributed by atoms with E-state index in [1.54, 1.807) is 0 Å². The van der Waals surface area contributed by atoms with Crippen LogP contribution in [0.5, 0.6) is 0 Å². The Labute approximate surface area is 90.8 Å². The summed E-state index contributed by atoms with van der Waals surface area (Å²) in [5.41, 5.74) is 0. The highest BCUT2D eigenvalue weighted by Gasteiger charge is 2.02. The van der Waals surface area contributed by atoms with Gasteiger partial charge in [0, 0.05) is 26.2 Å². The monoisotopic (exact) mass is 224 g/mol. The molecule has 0 aliphatic carbocycles. The van der Waals surface area contributed by atoms with Crippen molar-refractivity contribution >= 4 is 0 Å². The number of ether oxygens (including phenoxy) is 1. The number of likely N-dealkylation sites (N-methyl/N-ethyl adjacent to an activating group) is 2. The fraction of sp³-hybridized carbons (Fsp3) is 1.00. The average Bonchev–Trinajstić information content (AvgIpc) is 2.17. The van der Waals surface area contributed by atoms with E-state index in [2.05, 4.69) is 17.1 Å². The second-order valence-electron chi connectivity index (χ2n) is 3.48. The van der Waals surface area contributed by atoms with Gasteiger partial charge in [0.2, 0.25) is 0 Å². The summed E-state index contributed by atoms with van der Waals surface area (Å²) in [6.07, 6.45) is -1.55. The molecule has 92 valence electrons. The van der Waals surface area contributed by atoms with E-state index < -0.39 is 13.0 Å². The second-order valence-corrected chi connectivity index (χ2v) is 3.48. The normalized spacial score (nSPS) is 11.6. The zero-order valence-corrected chi connectivity index (χ0v) is 9.64. The van der Waals surface area contributed by atoms with Crippen LogP contribution in [0.1, 0.15) is 13.3 Å². The van der Waals surface area contributed by atoms with Crippen LogP contribution in [0.2, 0.25) is 0 Å². The molecular weight excluding hydrogens is 202 g/mol. The minimum atomic E-state index is -2.35. The Morgan fingerprint density at radius 2 is 2.07 bits per heavy atom. The summed E-state index contributed by atoms with van der Waals surface area (Å²) in [6, 6.07) is 0. The van der Waals surface area contributed by atoms with Crippen molar-refractivity contribution in [3.8, 4) is 0 Å². The Kier molecular flexibility index (Phi) is 10.1. The molecule has 0 saturated heterocycles. The van der Waals surface area contributed by atoms with Gasteiger partial charge in [-0.15, -0.1) is 0 Å². The Bertz CT molecular complexity index is 137. The Morgan fingerprint density at radius 1 is 1.33 bits per heavy atom. The van der Waals surface area contributed by atoms with E-state index in [1.807, 2.05) is 7.05 Å². The molecule has 0 aromatic heterocycles. The van der Waals surface area contributed by atoms with Gasteiger partial charge >= 0.3 is 0 Å². The molecule has 0 spiro atoms. The number of nitrogens with one attached hydrogen (secondary N) is 1. The summed E-state index contributed by atoms with van der Waals surface area (Å²) in [4.78, 5) is 2.16. The largest absolute Gasteiger partial charge is 0.375 e. The highest BCUT2D eigenvalue weighted by molar-refractivity contribution is 4.53. The number of alkyl halides is 2. The Balaban J connectivity index is 3.13. The molecule has 0 heterocycles. The van der Waals surface area contributed by atoms with E-state index in [4.69, 9.17) is 4.74 Å². The molecule has 0 aliphatic heterocycles. The van der Waals surface area contributed by atoms with Gasteiger partial charge in [-0.1, -0.05) is 6.92 Å². The van der Waals surface area contributed by atoms with Crippen molar-refractivity contribution in [2.24, 2.45) is 0 Å². The molecule has 0 unspecified atom stereocenters. The molecule has 0 rings (SSSR count). The third-order valence-corrected chi connectivity index (χ3v) is 1.99. The van der Waals surface area contributed by atoms with E-state index in [-0.39, 0.29) is 0 Å². The first-order valence-electron chi connectivity index (χ1n) is 5.42. The molecular formula is C10H22F2N2O. The predicted molar refractivity (Wildman–Crippen MR) is 57.5 cm³/mol. The van der Waals surface area contributed by atoms with Gasteiger partial charge in [-0.25, -0.2) is 8.78 Å². The highest BCUT2D eigenvalue weighted by atomic mass is 19.3. The molecule has 0 atom stereocenters. The zero-order valence-electron chi connectivity index (χ0n) is 9.64.